The maximum atomic E-state index is 4.24. The maximum absolute atomic E-state index is 4.24. The van der Waals surface area contributed by atoms with E-state index in [2.05, 4.69) is 46.1 Å². The van der Waals surface area contributed by atoms with Gasteiger partial charge in [0.2, 0.25) is 0 Å². The van der Waals surface area contributed by atoms with Gasteiger partial charge in [0.15, 0.2) is 5.16 Å². The van der Waals surface area contributed by atoms with E-state index in [4.69, 9.17) is 0 Å². The third kappa shape index (κ3) is 3.33. The molecule has 2 aromatic rings. The minimum atomic E-state index is 0.541. The van der Waals surface area contributed by atoms with Crippen LogP contribution in [0.5, 0.6) is 0 Å². The second-order valence-electron chi connectivity index (χ2n) is 4.18. The summed E-state index contributed by atoms with van der Waals surface area (Å²) in [6.45, 7) is 7.34. The van der Waals surface area contributed by atoms with Gasteiger partial charge in [-0.25, -0.2) is 0 Å². The molecule has 92 valence electrons. The first-order valence-corrected chi connectivity index (χ1v) is 7.51. The molecule has 17 heavy (non-hydrogen) atoms. The molecule has 0 aliphatic carbocycles. The van der Waals surface area contributed by atoms with Gasteiger partial charge in [0.05, 0.1) is 0 Å². The van der Waals surface area contributed by atoms with Crippen molar-refractivity contribution in [2.45, 2.75) is 44.1 Å². The van der Waals surface area contributed by atoms with Crippen molar-refractivity contribution >= 4 is 23.1 Å². The lowest BCUT2D eigenvalue weighted by molar-refractivity contribution is 0.620. The molecule has 0 saturated carbocycles. The van der Waals surface area contributed by atoms with E-state index < -0.39 is 0 Å². The van der Waals surface area contributed by atoms with E-state index in [1.54, 1.807) is 11.8 Å². The summed E-state index contributed by atoms with van der Waals surface area (Å²) in [5.41, 5.74) is 0. The van der Waals surface area contributed by atoms with E-state index in [9.17, 15) is 0 Å². The molecule has 0 spiro atoms. The smallest absolute Gasteiger partial charge is 0.191 e. The van der Waals surface area contributed by atoms with E-state index in [0.717, 1.165) is 23.9 Å². The number of thiophene rings is 1. The van der Waals surface area contributed by atoms with Crippen molar-refractivity contribution < 1.29 is 0 Å². The molecule has 0 radical (unpaired) electrons. The summed E-state index contributed by atoms with van der Waals surface area (Å²) in [7, 11) is 0. The summed E-state index contributed by atoms with van der Waals surface area (Å²) in [6.07, 6.45) is 1.06. The predicted molar refractivity (Wildman–Crippen MR) is 73.8 cm³/mol. The van der Waals surface area contributed by atoms with Crippen molar-refractivity contribution in [1.29, 1.82) is 0 Å². The van der Waals surface area contributed by atoms with Gasteiger partial charge in [-0.1, -0.05) is 31.7 Å². The lowest BCUT2D eigenvalue weighted by Gasteiger charge is -2.08. The topological polar surface area (TPSA) is 30.7 Å². The van der Waals surface area contributed by atoms with Gasteiger partial charge < -0.3 is 4.57 Å². The predicted octanol–water partition coefficient (Wildman–Crippen LogP) is 3.39. The minimum Gasteiger partial charge on any atom is -0.306 e. The van der Waals surface area contributed by atoms with Crippen LogP contribution in [0.4, 0.5) is 0 Å². The first-order chi connectivity index (χ1) is 8.16. The second-order valence-corrected chi connectivity index (χ2v) is 6.75. The van der Waals surface area contributed by atoms with Crippen LogP contribution in [-0.4, -0.2) is 20.0 Å². The van der Waals surface area contributed by atoms with Crippen LogP contribution in [0, 0.1) is 6.92 Å². The van der Waals surface area contributed by atoms with Gasteiger partial charge in [0.25, 0.3) is 0 Å². The number of thioether (sulfide) groups is 1. The van der Waals surface area contributed by atoms with E-state index in [0.29, 0.717) is 5.25 Å². The summed E-state index contributed by atoms with van der Waals surface area (Å²) >= 11 is 3.59. The molecule has 0 bridgehead atoms. The maximum Gasteiger partial charge on any atom is 0.191 e. The molecule has 0 aromatic carbocycles. The van der Waals surface area contributed by atoms with E-state index in [-0.39, 0.29) is 0 Å². The third-order valence-electron chi connectivity index (χ3n) is 2.40. The van der Waals surface area contributed by atoms with Crippen LogP contribution in [0.25, 0.3) is 0 Å². The van der Waals surface area contributed by atoms with Crippen LogP contribution < -0.4 is 0 Å². The molecular formula is C12H17N3S2. The van der Waals surface area contributed by atoms with Crippen molar-refractivity contribution in [3.8, 4) is 0 Å². The van der Waals surface area contributed by atoms with Crippen LogP contribution in [0.2, 0.25) is 0 Å². The van der Waals surface area contributed by atoms with Gasteiger partial charge in [-0.2, -0.15) is 0 Å². The zero-order chi connectivity index (χ0) is 12.3. The molecule has 0 fully saturated rings. The fraction of sp³-hybridized carbons (Fsp3) is 0.500. The number of rotatable bonds is 5. The fourth-order valence-corrected chi connectivity index (χ4v) is 3.15. The summed E-state index contributed by atoms with van der Waals surface area (Å²) < 4.78 is 2.21. The van der Waals surface area contributed by atoms with Crippen molar-refractivity contribution in [3.63, 3.8) is 0 Å². The molecule has 2 heterocycles. The minimum absolute atomic E-state index is 0.541. The second kappa shape index (κ2) is 5.69. The highest BCUT2D eigenvalue weighted by Gasteiger charge is 2.10. The van der Waals surface area contributed by atoms with Gasteiger partial charge in [0.1, 0.15) is 5.82 Å². The Balaban J connectivity index is 2.06. The SMILES string of the molecule is Cc1nnc(SC(C)C)n1CCc1cccs1. The Labute approximate surface area is 110 Å². The summed E-state index contributed by atoms with van der Waals surface area (Å²) in [5, 5.41) is 12.1. The lowest BCUT2D eigenvalue weighted by atomic mass is 10.3. The van der Waals surface area contributed by atoms with Crippen LogP contribution >= 0.6 is 23.1 Å². The summed E-state index contributed by atoms with van der Waals surface area (Å²) in [6, 6.07) is 4.28. The Bertz CT molecular complexity index is 460. The highest BCUT2D eigenvalue weighted by Crippen LogP contribution is 2.22. The first kappa shape index (κ1) is 12.6. The van der Waals surface area contributed by atoms with Gasteiger partial charge >= 0.3 is 0 Å². The summed E-state index contributed by atoms with van der Waals surface area (Å²) in [5.74, 6) is 1.00. The van der Waals surface area contributed by atoms with Gasteiger partial charge in [-0.3, -0.25) is 0 Å². The molecule has 5 heteroatoms. The molecule has 0 saturated heterocycles. The average molecular weight is 267 g/mol. The lowest BCUT2D eigenvalue weighted by Crippen LogP contribution is -2.05. The largest absolute Gasteiger partial charge is 0.306 e. The van der Waals surface area contributed by atoms with Crippen molar-refractivity contribution in [1.82, 2.24) is 14.8 Å². The highest BCUT2D eigenvalue weighted by molar-refractivity contribution is 7.99. The van der Waals surface area contributed by atoms with Crippen LogP contribution in [0.15, 0.2) is 22.7 Å². The Morgan fingerprint density at radius 2 is 2.24 bits per heavy atom. The average Bonchev–Trinajstić information content (AvgIpc) is 2.87. The molecule has 0 aliphatic rings. The van der Waals surface area contributed by atoms with Crippen molar-refractivity contribution in [3.05, 3.63) is 28.2 Å². The van der Waals surface area contributed by atoms with Crippen LogP contribution in [-0.2, 0) is 13.0 Å². The Hall–Kier alpha value is -0.810. The number of aromatic nitrogens is 3. The molecule has 0 amide bonds. The van der Waals surface area contributed by atoms with Crippen LogP contribution in [0.1, 0.15) is 24.5 Å². The van der Waals surface area contributed by atoms with Crippen LogP contribution in [0.3, 0.4) is 0 Å². The van der Waals surface area contributed by atoms with Crippen molar-refractivity contribution in [2.75, 3.05) is 0 Å². The Kier molecular flexibility index (Phi) is 4.23. The normalized spacial score (nSPS) is 11.3. The first-order valence-electron chi connectivity index (χ1n) is 5.75. The molecule has 0 N–H and O–H groups in total. The number of nitrogens with zero attached hydrogens (tertiary/aromatic N) is 3. The standard InChI is InChI=1S/C12H17N3S2/c1-9(2)17-12-14-13-10(3)15(12)7-6-11-5-4-8-16-11/h4-5,8-9H,6-7H2,1-3H3. The molecule has 0 unspecified atom stereocenters. The molecule has 0 atom stereocenters. The van der Waals surface area contributed by atoms with Crippen molar-refractivity contribution in [2.24, 2.45) is 0 Å². The van der Waals surface area contributed by atoms with Gasteiger partial charge in [-0.05, 0) is 24.8 Å². The molecule has 0 aliphatic heterocycles. The Morgan fingerprint density at radius 3 is 2.88 bits per heavy atom. The van der Waals surface area contributed by atoms with E-state index >= 15 is 0 Å². The summed E-state index contributed by atoms with van der Waals surface area (Å²) in [4.78, 5) is 1.42. The monoisotopic (exact) mass is 267 g/mol. The third-order valence-corrected chi connectivity index (χ3v) is 4.33. The number of hydrogen-bond acceptors (Lipinski definition) is 4. The fourth-order valence-electron chi connectivity index (χ4n) is 1.59. The highest BCUT2D eigenvalue weighted by atomic mass is 32.2. The number of hydrogen-bond donors (Lipinski definition) is 0. The zero-order valence-electron chi connectivity index (χ0n) is 10.4. The molecule has 3 nitrogen and oxygen atoms in total. The molecule has 2 rings (SSSR count). The quantitative estimate of drug-likeness (QED) is 0.778. The van der Waals surface area contributed by atoms with E-state index in [1.807, 2.05) is 18.3 Å². The molecular weight excluding hydrogens is 250 g/mol. The van der Waals surface area contributed by atoms with Gasteiger partial charge in [-0.15, -0.1) is 21.5 Å². The zero-order valence-corrected chi connectivity index (χ0v) is 12.0. The Morgan fingerprint density at radius 1 is 1.41 bits per heavy atom. The van der Waals surface area contributed by atoms with E-state index in [1.165, 1.54) is 4.88 Å². The van der Waals surface area contributed by atoms with Gasteiger partial charge in [0, 0.05) is 16.7 Å². The molecule has 2 aromatic heterocycles. The number of aryl methyl sites for hydroxylation is 2.